The lowest BCUT2D eigenvalue weighted by atomic mass is 10.2. The van der Waals surface area contributed by atoms with Gasteiger partial charge in [0.05, 0.1) is 15.5 Å². The van der Waals surface area contributed by atoms with E-state index in [1.807, 2.05) is 0 Å². The van der Waals surface area contributed by atoms with Gasteiger partial charge in [0, 0.05) is 0 Å². The average Bonchev–Trinajstić information content (AvgIpc) is 3.06. The molecular weight excluding hydrogens is 392 g/mol. The van der Waals surface area contributed by atoms with E-state index in [9.17, 15) is 22.8 Å². The van der Waals surface area contributed by atoms with E-state index in [1.54, 1.807) is 11.4 Å². The first kappa shape index (κ1) is 19.1. The smallest absolute Gasteiger partial charge is 0.338 e. The highest BCUT2D eigenvalue weighted by Crippen LogP contribution is 2.21. The molecule has 11 heteroatoms. The van der Waals surface area contributed by atoms with E-state index in [4.69, 9.17) is 21.5 Å². The number of benzene rings is 1. The van der Waals surface area contributed by atoms with Crippen LogP contribution in [0.25, 0.3) is 0 Å². The molecule has 0 aliphatic carbocycles. The summed E-state index contributed by atoms with van der Waals surface area (Å²) in [7, 11) is -4.12. The number of rotatable bonds is 5. The molecule has 0 saturated carbocycles. The van der Waals surface area contributed by atoms with Crippen LogP contribution in [0, 0.1) is 0 Å². The van der Waals surface area contributed by atoms with Crippen LogP contribution < -0.4 is 10.5 Å². The first-order chi connectivity index (χ1) is 11.7. The first-order valence-electron chi connectivity index (χ1n) is 6.55. The minimum absolute atomic E-state index is 0.154. The molecule has 132 valence electrons. The quantitative estimate of drug-likeness (QED) is 0.721. The van der Waals surface area contributed by atoms with Crippen molar-refractivity contribution in [3.05, 3.63) is 51.2 Å². The van der Waals surface area contributed by atoms with Gasteiger partial charge in [-0.1, -0.05) is 17.7 Å². The summed E-state index contributed by atoms with van der Waals surface area (Å²) in [5.74, 6) is -2.41. The number of amides is 2. The van der Waals surface area contributed by atoms with Crippen molar-refractivity contribution in [2.45, 2.75) is 4.90 Å². The zero-order chi connectivity index (χ0) is 18.6. The van der Waals surface area contributed by atoms with E-state index in [0.29, 0.717) is 4.88 Å². The topological polar surface area (TPSA) is 133 Å². The largest absolute Gasteiger partial charge is 0.452 e. The first-order valence-corrected chi connectivity index (χ1v) is 9.36. The maximum Gasteiger partial charge on any atom is 0.338 e. The summed E-state index contributed by atoms with van der Waals surface area (Å²) in [4.78, 5) is 35.1. The predicted molar refractivity (Wildman–Crippen MR) is 89.9 cm³/mol. The molecule has 2 amide bonds. The number of hydrogen-bond donors (Lipinski definition) is 2. The molecule has 0 aliphatic heterocycles. The maximum absolute atomic E-state index is 11.9. The third-order valence-electron chi connectivity index (χ3n) is 2.81. The van der Waals surface area contributed by atoms with Crippen LogP contribution in [0.4, 0.5) is 0 Å². The molecule has 0 radical (unpaired) electrons. The number of carbonyl (C=O) groups is 3. The van der Waals surface area contributed by atoms with Gasteiger partial charge in [-0.05, 0) is 29.6 Å². The van der Waals surface area contributed by atoms with Gasteiger partial charge in [0.25, 0.3) is 11.8 Å². The Morgan fingerprint density at radius 2 is 1.96 bits per heavy atom. The van der Waals surface area contributed by atoms with Gasteiger partial charge in [0.15, 0.2) is 6.61 Å². The van der Waals surface area contributed by atoms with Crippen molar-refractivity contribution in [3.63, 3.8) is 0 Å². The average molecular weight is 403 g/mol. The van der Waals surface area contributed by atoms with E-state index in [0.717, 1.165) is 23.5 Å². The van der Waals surface area contributed by atoms with Crippen molar-refractivity contribution in [3.8, 4) is 0 Å². The van der Waals surface area contributed by atoms with Crippen LogP contribution in [0.1, 0.15) is 20.0 Å². The Balaban J connectivity index is 1.98. The molecule has 0 atom stereocenters. The van der Waals surface area contributed by atoms with Crippen LogP contribution in [0.2, 0.25) is 5.02 Å². The Morgan fingerprint density at radius 3 is 2.56 bits per heavy atom. The van der Waals surface area contributed by atoms with Crippen LogP contribution in [-0.4, -0.2) is 32.8 Å². The highest BCUT2D eigenvalue weighted by atomic mass is 35.5. The Labute approximate surface area is 151 Å². The standard InChI is InChI=1S/C14H11ClN2O6S2/c15-9-4-3-8(6-11(9)25(16,21)22)14(20)23-7-12(18)17-13(19)10-2-1-5-24-10/h1-6H,7H2,(H2,16,21,22)(H,17,18,19). The van der Waals surface area contributed by atoms with Gasteiger partial charge < -0.3 is 4.74 Å². The van der Waals surface area contributed by atoms with Crippen LogP contribution in [0.15, 0.2) is 40.6 Å². The fourth-order valence-corrected chi connectivity index (χ4v) is 3.39. The maximum atomic E-state index is 11.9. The summed E-state index contributed by atoms with van der Waals surface area (Å²) in [5.41, 5.74) is -0.161. The van der Waals surface area contributed by atoms with Crippen molar-refractivity contribution in [1.82, 2.24) is 5.32 Å². The van der Waals surface area contributed by atoms with E-state index >= 15 is 0 Å². The number of halogens is 1. The van der Waals surface area contributed by atoms with E-state index in [-0.39, 0.29) is 10.6 Å². The van der Waals surface area contributed by atoms with Gasteiger partial charge >= 0.3 is 5.97 Å². The summed E-state index contributed by atoms with van der Waals surface area (Å²) in [6.07, 6.45) is 0. The molecule has 0 saturated heterocycles. The van der Waals surface area contributed by atoms with Crippen LogP contribution >= 0.6 is 22.9 Å². The third kappa shape index (κ3) is 5.10. The number of esters is 1. The molecule has 0 aliphatic rings. The van der Waals surface area contributed by atoms with Crippen molar-refractivity contribution in [1.29, 1.82) is 0 Å². The van der Waals surface area contributed by atoms with Crippen molar-refractivity contribution >= 4 is 50.7 Å². The summed E-state index contributed by atoms with van der Waals surface area (Å²) in [6.45, 7) is -0.719. The molecule has 2 rings (SSSR count). The number of thiophene rings is 1. The Kier molecular flexibility index (Phi) is 5.90. The van der Waals surface area contributed by atoms with E-state index in [1.165, 1.54) is 12.1 Å². The number of ether oxygens (including phenoxy) is 1. The van der Waals surface area contributed by atoms with Crippen LogP contribution in [0.3, 0.4) is 0 Å². The zero-order valence-electron chi connectivity index (χ0n) is 12.4. The van der Waals surface area contributed by atoms with Gasteiger partial charge in [-0.3, -0.25) is 14.9 Å². The molecule has 1 aromatic heterocycles. The van der Waals surface area contributed by atoms with Crippen molar-refractivity contribution in [2.24, 2.45) is 5.14 Å². The summed E-state index contributed by atoms with van der Waals surface area (Å²) in [6, 6.07) is 6.50. The normalized spacial score (nSPS) is 11.0. The van der Waals surface area contributed by atoms with Crippen molar-refractivity contribution < 1.29 is 27.5 Å². The van der Waals surface area contributed by atoms with Gasteiger partial charge in [-0.15, -0.1) is 11.3 Å². The molecule has 2 aromatic rings. The summed E-state index contributed by atoms with van der Waals surface area (Å²) >= 11 is 6.85. The highest BCUT2D eigenvalue weighted by Gasteiger charge is 2.18. The Bertz CT molecular complexity index is 925. The third-order valence-corrected chi connectivity index (χ3v) is 5.07. The second-order valence-corrected chi connectivity index (χ2v) is 7.51. The predicted octanol–water partition coefficient (Wildman–Crippen LogP) is 1.16. The second-order valence-electron chi connectivity index (χ2n) is 4.62. The van der Waals surface area contributed by atoms with Gasteiger partial charge in [-0.25, -0.2) is 18.4 Å². The molecule has 0 unspecified atom stereocenters. The van der Waals surface area contributed by atoms with Crippen LogP contribution in [-0.2, 0) is 19.6 Å². The van der Waals surface area contributed by atoms with Crippen molar-refractivity contribution in [2.75, 3.05) is 6.61 Å². The molecule has 1 heterocycles. The highest BCUT2D eigenvalue weighted by molar-refractivity contribution is 7.89. The number of sulfonamides is 1. The lowest BCUT2D eigenvalue weighted by Gasteiger charge is -2.07. The fourth-order valence-electron chi connectivity index (χ4n) is 1.69. The number of carbonyl (C=O) groups excluding carboxylic acids is 3. The number of nitrogens with one attached hydrogen (secondary N) is 1. The lowest BCUT2D eigenvalue weighted by Crippen LogP contribution is -2.33. The second kappa shape index (κ2) is 7.74. The number of nitrogens with two attached hydrogens (primary N) is 1. The number of imide groups is 1. The molecular formula is C14H11ClN2O6S2. The zero-order valence-corrected chi connectivity index (χ0v) is 14.8. The fraction of sp³-hybridized carbons (Fsp3) is 0.0714. The van der Waals surface area contributed by atoms with E-state index < -0.39 is 39.3 Å². The minimum Gasteiger partial charge on any atom is -0.452 e. The number of primary sulfonamides is 1. The molecule has 8 nitrogen and oxygen atoms in total. The SMILES string of the molecule is NS(=O)(=O)c1cc(C(=O)OCC(=O)NC(=O)c2cccs2)ccc1Cl. The molecule has 3 N–H and O–H groups in total. The van der Waals surface area contributed by atoms with E-state index in [2.05, 4.69) is 5.32 Å². The summed E-state index contributed by atoms with van der Waals surface area (Å²) < 4.78 is 27.5. The van der Waals surface area contributed by atoms with Gasteiger partial charge in [0.1, 0.15) is 4.90 Å². The molecule has 25 heavy (non-hydrogen) atoms. The monoisotopic (exact) mass is 402 g/mol. The summed E-state index contributed by atoms with van der Waals surface area (Å²) in [5, 5.41) is 8.55. The van der Waals surface area contributed by atoms with Gasteiger partial charge in [0.2, 0.25) is 10.0 Å². The Morgan fingerprint density at radius 1 is 1.24 bits per heavy atom. The lowest BCUT2D eigenvalue weighted by molar-refractivity contribution is -0.123. The molecule has 0 fully saturated rings. The van der Waals surface area contributed by atoms with Gasteiger partial charge in [-0.2, -0.15) is 0 Å². The minimum atomic E-state index is -4.12. The Hall–Kier alpha value is -2.27. The van der Waals surface area contributed by atoms with Crippen LogP contribution in [0.5, 0.6) is 0 Å². The molecule has 1 aromatic carbocycles. The molecule has 0 spiro atoms. The molecule has 0 bridgehead atoms. The number of hydrogen-bond acceptors (Lipinski definition) is 7.